The van der Waals surface area contributed by atoms with Crippen LogP contribution in [-0.2, 0) is 6.42 Å². The van der Waals surface area contributed by atoms with Gasteiger partial charge in [-0.25, -0.2) is 0 Å². The first kappa shape index (κ1) is 13.0. The van der Waals surface area contributed by atoms with Gasteiger partial charge in [-0.3, -0.25) is 0 Å². The highest BCUT2D eigenvalue weighted by Gasteiger charge is 2.24. The minimum Gasteiger partial charge on any atom is -0.371 e. The van der Waals surface area contributed by atoms with E-state index in [0.29, 0.717) is 6.04 Å². The van der Waals surface area contributed by atoms with Crippen LogP contribution in [0.3, 0.4) is 0 Å². The van der Waals surface area contributed by atoms with Crippen molar-refractivity contribution in [2.45, 2.75) is 45.1 Å². The van der Waals surface area contributed by atoms with Gasteiger partial charge >= 0.3 is 0 Å². The van der Waals surface area contributed by atoms with Gasteiger partial charge in [0.25, 0.3) is 0 Å². The zero-order chi connectivity index (χ0) is 13.2. The molecule has 104 valence electrons. The van der Waals surface area contributed by atoms with E-state index in [4.69, 9.17) is 0 Å². The highest BCUT2D eigenvalue weighted by atomic mass is 15.1. The molecule has 19 heavy (non-hydrogen) atoms. The lowest BCUT2D eigenvalue weighted by molar-refractivity contribution is 0.538. The molecule has 0 bridgehead atoms. The summed E-state index contributed by atoms with van der Waals surface area (Å²) in [6, 6.07) is 7.51. The predicted molar refractivity (Wildman–Crippen MR) is 81.8 cm³/mol. The van der Waals surface area contributed by atoms with Crippen LogP contribution in [-0.4, -0.2) is 20.1 Å². The summed E-state index contributed by atoms with van der Waals surface area (Å²) in [5.74, 6) is 0.946. The predicted octanol–water partition coefficient (Wildman–Crippen LogP) is 3.52. The number of benzene rings is 1. The van der Waals surface area contributed by atoms with Crippen LogP contribution in [0.25, 0.3) is 0 Å². The monoisotopic (exact) mass is 258 g/mol. The van der Waals surface area contributed by atoms with Gasteiger partial charge < -0.3 is 10.2 Å². The number of anilines is 1. The third-order valence-corrected chi connectivity index (χ3v) is 4.98. The van der Waals surface area contributed by atoms with E-state index in [2.05, 4.69) is 35.3 Å². The number of nitrogens with one attached hydrogen (secondary N) is 1. The standard InChI is InChI=1S/C17H26N2/c1-13(18-2)15-7-8-17-16(11-15)9-10-19(17)12-14-5-3-4-6-14/h7-8,11,13-14,18H,3-6,9-10,12H2,1-2H3. The minimum absolute atomic E-state index is 0.453. The number of fused-ring (bicyclic) bond motifs is 1. The van der Waals surface area contributed by atoms with Crippen LogP contribution < -0.4 is 10.2 Å². The van der Waals surface area contributed by atoms with Gasteiger partial charge in [0.15, 0.2) is 0 Å². The maximum Gasteiger partial charge on any atom is 0.0399 e. The van der Waals surface area contributed by atoms with E-state index in [1.807, 2.05) is 7.05 Å². The summed E-state index contributed by atoms with van der Waals surface area (Å²) in [6.45, 7) is 4.74. The molecule has 0 aromatic heterocycles. The lowest BCUT2D eigenvalue weighted by Gasteiger charge is -2.23. The second-order valence-electron chi connectivity index (χ2n) is 6.25. The van der Waals surface area contributed by atoms with Crippen LogP contribution in [0.4, 0.5) is 5.69 Å². The van der Waals surface area contributed by atoms with Gasteiger partial charge in [0, 0.05) is 24.8 Å². The van der Waals surface area contributed by atoms with Crippen LogP contribution in [0, 0.1) is 5.92 Å². The summed E-state index contributed by atoms with van der Waals surface area (Å²) in [4.78, 5) is 2.62. The molecule has 3 rings (SSSR count). The molecule has 0 radical (unpaired) electrons. The first-order valence-electron chi connectivity index (χ1n) is 7.83. The van der Waals surface area contributed by atoms with Crippen molar-refractivity contribution in [1.29, 1.82) is 0 Å². The second kappa shape index (κ2) is 5.54. The molecule has 1 saturated carbocycles. The van der Waals surface area contributed by atoms with Gasteiger partial charge in [0.1, 0.15) is 0 Å². The Labute approximate surface area is 117 Å². The third kappa shape index (κ3) is 2.64. The maximum atomic E-state index is 3.33. The number of nitrogens with zero attached hydrogens (tertiary/aromatic N) is 1. The second-order valence-corrected chi connectivity index (χ2v) is 6.25. The summed E-state index contributed by atoms with van der Waals surface area (Å²) in [5, 5.41) is 3.33. The molecule has 2 aliphatic rings. The molecule has 0 amide bonds. The van der Waals surface area contributed by atoms with E-state index in [9.17, 15) is 0 Å². The van der Waals surface area contributed by atoms with Gasteiger partial charge in [-0.1, -0.05) is 25.0 Å². The Morgan fingerprint density at radius 1 is 1.32 bits per heavy atom. The topological polar surface area (TPSA) is 15.3 Å². The van der Waals surface area contributed by atoms with Gasteiger partial charge in [0.05, 0.1) is 0 Å². The molecule has 1 atom stereocenters. The summed E-state index contributed by atoms with van der Waals surface area (Å²) in [5.41, 5.74) is 4.47. The molecule has 2 heteroatoms. The van der Waals surface area contributed by atoms with Crippen molar-refractivity contribution in [2.24, 2.45) is 5.92 Å². The van der Waals surface area contributed by atoms with Crippen molar-refractivity contribution in [1.82, 2.24) is 5.32 Å². The Bertz CT molecular complexity index is 435. The lowest BCUT2D eigenvalue weighted by Crippen LogP contribution is -2.26. The Morgan fingerprint density at radius 2 is 2.11 bits per heavy atom. The highest BCUT2D eigenvalue weighted by Crippen LogP contribution is 2.33. The Morgan fingerprint density at radius 3 is 2.84 bits per heavy atom. The van der Waals surface area contributed by atoms with E-state index in [1.165, 1.54) is 56.4 Å². The molecule has 1 fully saturated rings. The van der Waals surface area contributed by atoms with Crippen molar-refractivity contribution < 1.29 is 0 Å². The quantitative estimate of drug-likeness (QED) is 0.889. The summed E-state index contributed by atoms with van der Waals surface area (Å²) in [7, 11) is 2.03. The Balaban J connectivity index is 1.73. The van der Waals surface area contributed by atoms with Crippen LogP contribution in [0.2, 0.25) is 0 Å². The normalized spacial score (nSPS) is 20.8. The van der Waals surface area contributed by atoms with E-state index in [-0.39, 0.29) is 0 Å². The Hall–Kier alpha value is -1.02. The molecule has 0 saturated heterocycles. The molecule has 1 N–H and O–H groups in total. The van der Waals surface area contributed by atoms with E-state index in [0.717, 1.165) is 5.92 Å². The van der Waals surface area contributed by atoms with Crippen molar-refractivity contribution in [2.75, 3.05) is 25.0 Å². The molecule has 2 nitrogen and oxygen atoms in total. The van der Waals surface area contributed by atoms with Crippen LogP contribution in [0.5, 0.6) is 0 Å². The molecule has 1 unspecified atom stereocenters. The Kier molecular flexibility index (Phi) is 3.79. The van der Waals surface area contributed by atoms with Crippen molar-refractivity contribution in [3.63, 3.8) is 0 Å². The average Bonchev–Trinajstić information content (AvgIpc) is 3.08. The number of hydrogen-bond acceptors (Lipinski definition) is 2. The van der Waals surface area contributed by atoms with Crippen molar-refractivity contribution in [3.8, 4) is 0 Å². The minimum atomic E-state index is 0.453. The molecule has 0 spiro atoms. The average molecular weight is 258 g/mol. The smallest absolute Gasteiger partial charge is 0.0399 e. The largest absolute Gasteiger partial charge is 0.371 e. The first-order chi connectivity index (χ1) is 9.28. The first-order valence-corrected chi connectivity index (χ1v) is 7.83. The van der Waals surface area contributed by atoms with Gasteiger partial charge in [-0.05, 0) is 56.3 Å². The fraction of sp³-hybridized carbons (Fsp3) is 0.647. The molecular formula is C17H26N2. The van der Waals surface area contributed by atoms with Crippen LogP contribution in [0.15, 0.2) is 18.2 Å². The van der Waals surface area contributed by atoms with E-state index >= 15 is 0 Å². The van der Waals surface area contributed by atoms with E-state index in [1.54, 1.807) is 5.56 Å². The molecule has 1 aliphatic heterocycles. The fourth-order valence-electron chi connectivity index (χ4n) is 3.62. The molecule has 1 heterocycles. The molecular weight excluding hydrogens is 232 g/mol. The maximum absolute atomic E-state index is 3.33. The highest BCUT2D eigenvalue weighted by molar-refractivity contribution is 5.59. The lowest BCUT2D eigenvalue weighted by atomic mass is 10.0. The summed E-state index contributed by atoms with van der Waals surface area (Å²) < 4.78 is 0. The van der Waals surface area contributed by atoms with Crippen LogP contribution >= 0.6 is 0 Å². The zero-order valence-electron chi connectivity index (χ0n) is 12.3. The SMILES string of the molecule is CNC(C)c1ccc2c(c1)CCN2CC1CCCC1. The molecule has 1 aromatic carbocycles. The van der Waals surface area contributed by atoms with Gasteiger partial charge in [0.2, 0.25) is 0 Å². The molecule has 1 aliphatic carbocycles. The van der Waals surface area contributed by atoms with Crippen LogP contribution in [0.1, 0.15) is 49.8 Å². The van der Waals surface area contributed by atoms with E-state index < -0.39 is 0 Å². The fourth-order valence-corrected chi connectivity index (χ4v) is 3.62. The third-order valence-electron chi connectivity index (χ3n) is 4.98. The summed E-state index contributed by atoms with van der Waals surface area (Å²) >= 11 is 0. The zero-order valence-corrected chi connectivity index (χ0v) is 12.3. The van der Waals surface area contributed by atoms with Crippen molar-refractivity contribution >= 4 is 5.69 Å². The van der Waals surface area contributed by atoms with Gasteiger partial charge in [-0.15, -0.1) is 0 Å². The summed E-state index contributed by atoms with van der Waals surface area (Å²) in [6.07, 6.45) is 7.02. The van der Waals surface area contributed by atoms with Gasteiger partial charge in [-0.2, -0.15) is 0 Å². The number of rotatable bonds is 4. The van der Waals surface area contributed by atoms with Crippen molar-refractivity contribution in [3.05, 3.63) is 29.3 Å². The number of hydrogen-bond donors (Lipinski definition) is 1. The molecule has 1 aromatic rings.